The summed E-state index contributed by atoms with van der Waals surface area (Å²) in [7, 11) is 0. The van der Waals surface area contributed by atoms with E-state index in [4.69, 9.17) is 0 Å². The minimum absolute atomic E-state index is 0.0369. The van der Waals surface area contributed by atoms with Crippen LogP contribution in [0.5, 0.6) is 0 Å². The summed E-state index contributed by atoms with van der Waals surface area (Å²) in [5.74, 6) is -0.943. The van der Waals surface area contributed by atoms with Gasteiger partial charge >= 0.3 is 0 Å². The van der Waals surface area contributed by atoms with Gasteiger partial charge < -0.3 is 0 Å². The minimum atomic E-state index is -0.537. The molecule has 3 nitrogen and oxygen atoms in total. The summed E-state index contributed by atoms with van der Waals surface area (Å²) in [6.07, 6.45) is 0. The Morgan fingerprint density at radius 1 is 0.893 bits per heavy atom. The van der Waals surface area contributed by atoms with Crippen LogP contribution in [-0.4, -0.2) is 10.9 Å². The van der Waals surface area contributed by atoms with Crippen molar-refractivity contribution in [3.8, 4) is 11.3 Å². The number of nitrogens with zero attached hydrogens (tertiary/aromatic N) is 2. The number of anilines is 1. The van der Waals surface area contributed by atoms with Gasteiger partial charge in [-0.1, -0.05) is 72.8 Å². The number of benzene rings is 3. The maximum absolute atomic E-state index is 14.3. The van der Waals surface area contributed by atoms with Crippen molar-refractivity contribution in [2.24, 2.45) is 0 Å². The highest BCUT2D eigenvalue weighted by atomic mass is 32.1. The first-order valence-corrected chi connectivity index (χ1v) is 9.71. The van der Waals surface area contributed by atoms with Crippen LogP contribution in [-0.2, 0) is 6.54 Å². The van der Waals surface area contributed by atoms with Gasteiger partial charge in [0.1, 0.15) is 5.82 Å². The van der Waals surface area contributed by atoms with Gasteiger partial charge in [-0.15, -0.1) is 11.3 Å². The molecule has 5 heteroatoms. The lowest BCUT2D eigenvalue weighted by Crippen LogP contribution is -2.31. The molecule has 0 fully saturated rings. The van der Waals surface area contributed by atoms with Gasteiger partial charge in [0.2, 0.25) is 0 Å². The average molecular weight is 388 g/mol. The Hall–Kier alpha value is -3.31. The SMILES string of the molecule is O=C(c1ccccc1F)N(Cc1ccccc1)c1nc(-c2ccccc2)cs1. The molecule has 0 bridgehead atoms. The first-order valence-electron chi connectivity index (χ1n) is 8.83. The lowest BCUT2D eigenvalue weighted by Gasteiger charge is -2.20. The number of thiazole rings is 1. The van der Waals surface area contributed by atoms with Crippen LogP contribution in [0.4, 0.5) is 9.52 Å². The molecule has 0 spiro atoms. The van der Waals surface area contributed by atoms with Gasteiger partial charge in [0.25, 0.3) is 5.91 Å². The monoisotopic (exact) mass is 388 g/mol. The zero-order valence-corrected chi connectivity index (χ0v) is 15.8. The van der Waals surface area contributed by atoms with E-state index >= 15 is 0 Å². The molecule has 1 aromatic heterocycles. The lowest BCUT2D eigenvalue weighted by atomic mass is 10.1. The van der Waals surface area contributed by atoms with E-state index in [1.165, 1.54) is 28.4 Å². The Labute approximate surface area is 166 Å². The van der Waals surface area contributed by atoms with Crippen molar-refractivity contribution in [3.05, 3.63) is 107 Å². The number of rotatable bonds is 5. The van der Waals surface area contributed by atoms with Crippen LogP contribution < -0.4 is 4.90 Å². The molecule has 1 heterocycles. The van der Waals surface area contributed by atoms with E-state index in [1.54, 1.807) is 12.1 Å². The van der Waals surface area contributed by atoms with Crippen LogP contribution in [0.1, 0.15) is 15.9 Å². The molecule has 1 amide bonds. The van der Waals surface area contributed by atoms with Crippen LogP contribution in [0.25, 0.3) is 11.3 Å². The topological polar surface area (TPSA) is 33.2 Å². The van der Waals surface area contributed by atoms with Crippen molar-refractivity contribution in [2.45, 2.75) is 6.54 Å². The largest absolute Gasteiger partial charge is 0.279 e. The molecule has 0 saturated carbocycles. The van der Waals surface area contributed by atoms with Crippen molar-refractivity contribution in [2.75, 3.05) is 4.90 Å². The average Bonchev–Trinajstić information content (AvgIpc) is 3.23. The van der Waals surface area contributed by atoms with E-state index in [9.17, 15) is 9.18 Å². The Morgan fingerprint density at radius 2 is 1.54 bits per heavy atom. The van der Waals surface area contributed by atoms with Crippen LogP contribution in [0, 0.1) is 5.82 Å². The molecule has 28 heavy (non-hydrogen) atoms. The summed E-state index contributed by atoms with van der Waals surface area (Å²) in [5, 5.41) is 2.45. The van der Waals surface area contributed by atoms with Crippen LogP contribution >= 0.6 is 11.3 Å². The van der Waals surface area contributed by atoms with Crippen LogP contribution in [0.2, 0.25) is 0 Å². The number of aromatic nitrogens is 1. The highest BCUT2D eigenvalue weighted by Crippen LogP contribution is 2.29. The third-order valence-corrected chi connectivity index (χ3v) is 5.19. The number of hydrogen-bond donors (Lipinski definition) is 0. The Kier molecular flexibility index (Phi) is 5.26. The molecular weight excluding hydrogens is 371 g/mol. The van der Waals surface area contributed by atoms with Gasteiger partial charge in [0.05, 0.1) is 17.8 Å². The van der Waals surface area contributed by atoms with Gasteiger partial charge in [-0.3, -0.25) is 9.69 Å². The van der Waals surface area contributed by atoms with Crippen molar-refractivity contribution in [1.29, 1.82) is 0 Å². The molecule has 4 aromatic rings. The summed E-state index contributed by atoms with van der Waals surface area (Å²) < 4.78 is 14.3. The molecule has 4 rings (SSSR count). The molecular formula is C23H17FN2OS. The first-order chi connectivity index (χ1) is 13.7. The number of halogens is 1. The summed E-state index contributed by atoms with van der Waals surface area (Å²) in [6, 6.07) is 25.4. The zero-order valence-electron chi connectivity index (χ0n) is 15.0. The minimum Gasteiger partial charge on any atom is -0.279 e. The normalized spacial score (nSPS) is 10.6. The summed E-state index contributed by atoms with van der Waals surface area (Å²) in [4.78, 5) is 19.4. The van der Waals surface area contributed by atoms with Crippen LogP contribution in [0.15, 0.2) is 90.3 Å². The number of carbonyl (C=O) groups excluding carboxylic acids is 1. The first kappa shape index (κ1) is 18.1. The van der Waals surface area contributed by atoms with Gasteiger partial charge in [-0.05, 0) is 17.7 Å². The summed E-state index contributed by atoms with van der Waals surface area (Å²) >= 11 is 1.37. The molecule has 0 saturated heterocycles. The highest BCUT2D eigenvalue weighted by Gasteiger charge is 2.23. The fraction of sp³-hybridized carbons (Fsp3) is 0.0435. The Balaban J connectivity index is 1.72. The fourth-order valence-electron chi connectivity index (χ4n) is 2.90. The lowest BCUT2D eigenvalue weighted by molar-refractivity contribution is 0.0981. The van der Waals surface area contributed by atoms with Crippen molar-refractivity contribution in [1.82, 2.24) is 4.98 Å². The Bertz CT molecular complexity index is 1080. The quantitative estimate of drug-likeness (QED) is 0.433. The number of amides is 1. The number of carbonyl (C=O) groups is 1. The second-order valence-corrected chi connectivity index (χ2v) is 7.07. The third kappa shape index (κ3) is 3.85. The zero-order chi connectivity index (χ0) is 19.3. The van der Waals surface area contributed by atoms with E-state index in [1.807, 2.05) is 66.0 Å². The molecule has 138 valence electrons. The van der Waals surface area contributed by atoms with Gasteiger partial charge in [-0.25, -0.2) is 9.37 Å². The highest BCUT2D eigenvalue weighted by molar-refractivity contribution is 7.14. The molecule has 0 atom stereocenters. The molecule has 0 aliphatic rings. The van der Waals surface area contributed by atoms with E-state index in [2.05, 4.69) is 4.98 Å². The second-order valence-electron chi connectivity index (χ2n) is 6.24. The second kappa shape index (κ2) is 8.15. The van der Waals surface area contributed by atoms with Gasteiger partial charge in [0, 0.05) is 10.9 Å². The predicted octanol–water partition coefficient (Wildman–Crippen LogP) is 5.80. The third-order valence-electron chi connectivity index (χ3n) is 4.33. The van der Waals surface area contributed by atoms with E-state index < -0.39 is 11.7 Å². The van der Waals surface area contributed by atoms with E-state index in [0.717, 1.165) is 16.8 Å². The molecule has 3 aromatic carbocycles. The van der Waals surface area contributed by atoms with E-state index in [-0.39, 0.29) is 5.56 Å². The standard InChI is InChI=1S/C23H17FN2OS/c24-20-14-8-7-13-19(20)22(27)26(15-17-9-3-1-4-10-17)23-25-21(16-28-23)18-11-5-2-6-12-18/h1-14,16H,15H2. The molecule has 0 radical (unpaired) electrons. The molecule has 0 aliphatic carbocycles. The van der Waals surface area contributed by atoms with Gasteiger partial charge in [-0.2, -0.15) is 0 Å². The predicted molar refractivity (Wildman–Crippen MR) is 111 cm³/mol. The Morgan fingerprint density at radius 3 is 2.25 bits per heavy atom. The van der Waals surface area contributed by atoms with Crippen LogP contribution in [0.3, 0.4) is 0 Å². The smallest absolute Gasteiger partial charge is 0.263 e. The van der Waals surface area contributed by atoms with Crippen molar-refractivity contribution in [3.63, 3.8) is 0 Å². The summed E-state index contributed by atoms with van der Waals surface area (Å²) in [6.45, 7) is 0.315. The fourth-order valence-corrected chi connectivity index (χ4v) is 3.73. The maximum Gasteiger partial charge on any atom is 0.263 e. The number of hydrogen-bond acceptors (Lipinski definition) is 3. The molecule has 0 unspecified atom stereocenters. The van der Waals surface area contributed by atoms with Crippen molar-refractivity contribution >= 4 is 22.4 Å². The summed E-state index contributed by atoms with van der Waals surface area (Å²) in [5.41, 5.74) is 2.75. The maximum atomic E-state index is 14.3. The van der Waals surface area contributed by atoms with E-state index in [0.29, 0.717) is 11.7 Å². The van der Waals surface area contributed by atoms with Gasteiger partial charge in [0.15, 0.2) is 5.13 Å². The molecule has 0 N–H and O–H groups in total. The molecule has 0 aliphatic heterocycles. The van der Waals surface area contributed by atoms with Crippen molar-refractivity contribution < 1.29 is 9.18 Å².